The zero-order valence-corrected chi connectivity index (χ0v) is 44.3. The van der Waals surface area contributed by atoms with Crippen molar-refractivity contribution in [3.05, 3.63) is 234 Å². The molecule has 0 fully saturated rings. The van der Waals surface area contributed by atoms with Gasteiger partial charge in [-0.15, -0.1) is 11.3 Å². The van der Waals surface area contributed by atoms with Crippen molar-refractivity contribution in [3.63, 3.8) is 0 Å². The van der Waals surface area contributed by atoms with Gasteiger partial charge in [-0.2, -0.15) is 5.26 Å². The van der Waals surface area contributed by atoms with Gasteiger partial charge in [0, 0.05) is 73.4 Å². The fourth-order valence-electron chi connectivity index (χ4n) is 12.9. The number of furan rings is 1. The van der Waals surface area contributed by atoms with E-state index in [1.165, 1.54) is 4.57 Å². The van der Waals surface area contributed by atoms with Crippen molar-refractivity contribution in [3.8, 4) is 28.8 Å². The van der Waals surface area contributed by atoms with E-state index in [-0.39, 0.29) is 75.7 Å². The Morgan fingerprint density at radius 3 is 1.77 bits per heavy atom. The molecule has 11 aromatic carbocycles. The van der Waals surface area contributed by atoms with Crippen LogP contribution in [0.5, 0.6) is 0 Å². The van der Waals surface area contributed by atoms with Crippen molar-refractivity contribution < 1.29 is 20.9 Å². The second-order valence-electron chi connectivity index (χ2n) is 21.6. The number of aromatic nitrogens is 4. The van der Waals surface area contributed by atoms with Crippen LogP contribution >= 0.6 is 11.3 Å². The Morgan fingerprint density at radius 2 is 1.11 bits per heavy atom. The Bertz CT molecular complexity index is 6180. The molecule has 0 aliphatic rings. The van der Waals surface area contributed by atoms with Crippen LogP contribution < -0.4 is 0 Å². The number of hydrogen-bond donors (Lipinski definition) is 0. The number of nitriles is 1. The second kappa shape index (κ2) is 16.3. The highest BCUT2D eigenvalue weighted by Gasteiger charge is 2.36. The molecule has 0 aliphatic heterocycles. The van der Waals surface area contributed by atoms with Gasteiger partial charge in [0.05, 0.1) is 96.1 Å². The second-order valence-corrected chi connectivity index (χ2v) is 22.6. The molecule has 17 aromatic rings. The number of nitrogens with zero attached hydrogens (tertiary/aromatic N) is 6. The van der Waals surface area contributed by atoms with Crippen LogP contribution in [-0.4, -0.2) is 18.3 Å². The van der Waals surface area contributed by atoms with E-state index in [0.29, 0.717) is 50.0 Å². The number of hydrogen-bond acceptors (Lipinski definition) is 3. The minimum Gasteiger partial charge on any atom is -0.454 e. The topological polar surface area (TPSA) is 61.0 Å². The van der Waals surface area contributed by atoms with E-state index in [1.54, 1.807) is 0 Å². The third-order valence-electron chi connectivity index (χ3n) is 16.4. The molecule has 8 heteroatoms. The molecular weight excluding hydrogens is 1010 g/mol. The van der Waals surface area contributed by atoms with Gasteiger partial charge >= 0.3 is 0 Å². The summed E-state index contributed by atoms with van der Waals surface area (Å²) < 4.78 is 128. The van der Waals surface area contributed by atoms with Crippen molar-refractivity contribution in [2.24, 2.45) is 0 Å². The third kappa shape index (κ3) is 6.04. The minimum atomic E-state index is -3.16. The van der Waals surface area contributed by atoms with Crippen molar-refractivity contribution in [2.45, 2.75) is 33.0 Å². The molecule has 0 spiro atoms. The van der Waals surface area contributed by atoms with Gasteiger partial charge in [-0.1, -0.05) is 166 Å². The van der Waals surface area contributed by atoms with Crippen molar-refractivity contribution >= 4 is 146 Å². The first-order valence-electron chi connectivity index (χ1n) is 32.5. The van der Waals surface area contributed by atoms with Crippen LogP contribution in [0.3, 0.4) is 0 Å². The zero-order valence-electron chi connectivity index (χ0n) is 55.4. The van der Waals surface area contributed by atoms with Crippen molar-refractivity contribution in [2.75, 3.05) is 0 Å². The molecular formula is C73H46N6OS. The lowest BCUT2D eigenvalue weighted by Crippen LogP contribution is -2.15. The van der Waals surface area contributed by atoms with Crippen LogP contribution in [0.2, 0.25) is 0 Å². The van der Waals surface area contributed by atoms with Crippen LogP contribution in [0.15, 0.2) is 210 Å². The summed E-state index contributed by atoms with van der Waals surface area (Å²) in [7, 11) is 0. The molecule has 0 saturated heterocycles. The fourth-order valence-corrected chi connectivity index (χ4v) is 14.1. The maximum absolute atomic E-state index is 13.0. The van der Waals surface area contributed by atoms with Gasteiger partial charge in [-0.25, -0.2) is 4.85 Å². The highest BCUT2D eigenvalue weighted by atomic mass is 32.1. The average molecular weight is 1070 g/mol. The summed E-state index contributed by atoms with van der Waals surface area (Å²) >= 11 is 0.874. The smallest absolute Gasteiger partial charge is 0.237 e. The van der Waals surface area contributed by atoms with Gasteiger partial charge in [0.1, 0.15) is 11.7 Å². The molecule has 380 valence electrons. The van der Waals surface area contributed by atoms with E-state index >= 15 is 0 Å². The molecule has 0 aliphatic carbocycles. The molecule has 6 aromatic heterocycles. The summed E-state index contributed by atoms with van der Waals surface area (Å²) in [5.41, 5.74) is 4.69. The molecule has 0 radical (unpaired) electrons. The van der Waals surface area contributed by atoms with E-state index in [4.69, 9.17) is 11.3 Å². The van der Waals surface area contributed by atoms with Crippen LogP contribution in [-0.2, 0) is 5.41 Å². The molecule has 0 N–H and O–H groups in total. The quantitative estimate of drug-likeness (QED) is 0.165. The lowest BCUT2D eigenvalue weighted by molar-refractivity contribution is 0.591. The van der Waals surface area contributed by atoms with Crippen LogP contribution in [0.25, 0.3) is 157 Å². The van der Waals surface area contributed by atoms with Crippen LogP contribution in [0.4, 0.5) is 5.69 Å². The number of fused-ring (bicyclic) bond motifs is 20. The lowest BCUT2D eigenvalue weighted by Gasteiger charge is -2.27. The van der Waals surface area contributed by atoms with Gasteiger partial charge in [0.2, 0.25) is 5.69 Å². The van der Waals surface area contributed by atoms with E-state index in [2.05, 4.69) is 66.6 Å². The highest BCUT2D eigenvalue weighted by molar-refractivity contribution is 7.26. The number of thiophene rings is 1. The molecule has 7 nitrogen and oxygen atoms in total. The number of benzene rings is 11. The first-order valence-corrected chi connectivity index (χ1v) is 27.3. The summed E-state index contributed by atoms with van der Waals surface area (Å²) in [4.78, 5) is 4.66. The molecule has 0 unspecified atom stereocenters. The van der Waals surface area contributed by atoms with E-state index in [1.807, 2.05) is 130 Å². The third-order valence-corrected chi connectivity index (χ3v) is 17.5. The molecule has 0 amide bonds. The molecule has 6 heterocycles. The first-order chi connectivity index (χ1) is 44.7. The molecule has 0 atom stereocenters. The molecule has 0 saturated carbocycles. The van der Waals surface area contributed by atoms with Gasteiger partial charge in [0.15, 0.2) is 5.58 Å². The summed E-state index contributed by atoms with van der Waals surface area (Å²) in [6.45, 7) is 13.4. The summed E-state index contributed by atoms with van der Waals surface area (Å²) in [6.07, 6.45) is 0. The number of rotatable bonds is 4. The Balaban J connectivity index is 1.24. The van der Waals surface area contributed by atoms with Crippen LogP contribution in [0.1, 0.15) is 53.9 Å². The fraction of sp³-hybridized carbons (Fsp3) is 0.0685. The normalized spacial score (nSPS) is 14.7. The summed E-state index contributed by atoms with van der Waals surface area (Å²) in [6, 6.07) is 46.7. The van der Waals surface area contributed by atoms with Gasteiger partial charge in [-0.05, 0) is 84.5 Å². The molecule has 0 bridgehead atoms. The summed E-state index contributed by atoms with van der Waals surface area (Å²) in [5, 5.41) is 18.9. The predicted molar refractivity (Wildman–Crippen MR) is 338 cm³/mol. The zero-order chi connectivity index (χ0) is 64.5. The SMILES string of the molecule is [2H]c1c([2H])c([2H])c2c(sc3c2c([2H])c([2H])c2c4c([2H])c(C([2H])([2H])[2H])c([2H])c([2H])c4n(-c4c(C#N)c(-n5c6ccccc6c6ccccc65)c(-n5c6ccc(C(C)(C)C)cc6c6ccc7c8ccccc8oc7c65)c(-n5c6ccccc6c6ccccc65)c4[N+]#[C-])c32)c1[2H]. The van der Waals surface area contributed by atoms with Crippen molar-refractivity contribution in [1.82, 2.24) is 18.3 Å². The maximum atomic E-state index is 13.0. The summed E-state index contributed by atoms with van der Waals surface area (Å²) in [5.74, 6) is 0. The molecule has 17 rings (SSSR count). The van der Waals surface area contributed by atoms with Gasteiger partial charge < -0.3 is 22.7 Å². The Morgan fingerprint density at radius 1 is 0.519 bits per heavy atom. The first kappa shape index (κ1) is 35.2. The standard InChI is InChI=1S/C73H46N6OS/c1-41-30-36-60-53(38-41)50-33-35-52-48-23-11-17-29-63(48)81-72(52)68(50)78(60)65-55(40-74)66(76-56-24-12-6-18-43(56)44-19-7-13-25-57(44)76)70(69(64(65)75-5)77-58-26-14-8-20-45(58)46-21-9-15-27-59(46)77)79-61-37-31-42(73(2,3)4)39-54(61)49-32-34-51-47-22-10-16-28-62(47)80-71(51)67(49)79/h6-39H,1-4H3/i1D3,11D,17D,23D,29D,30D,33D,35D,36D,38D. The highest BCUT2D eigenvalue weighted by Crippen LogP contribution is 2.54. The Hall–Kier alpha value is -10.4. The van der Waals surface area contributed by atoms with E-state index in [0.717, 1.165) is 60.0 Å². The minimum absolute atomic E-state index is 0.0193. The van der Waals surface area contributed by atoms with Crippen LogP contribution in [0, 0.1) is 24.8 Å². The monoisotopic (exact) mass is 1070 g/mol. The maximum Gasteiger partial charge on any atom is 0.237 e. The lowest BCUT2D eigenvalue weighted by atomic mass is 9.86. The predicted octanol–water partition coefficient (Wildman–Crippen LogP) is 20.4. The van der Waals surface area contributed by atoms with E-state index < -0.39 is 66.8 Å². The Kier molecular flexibility index (Phi) is 7.10. The van der Waals surface area contributed by atoms with Gasteiger partial charge in [0.25, 0.3) is 0 Å². The Labute approximate surface area is 484 Å². The van der Waals surface area contributed by atoms with E-state index in [9.17, 15) is 21.4 Å². The largest absolute Gasteiger partial charge is 0.454 e. The molecule has 81 heavy (non-hydrogen) atoms. The average Bonchev–Trinajstić information content (AvgIpc) is 1.54. The van der Waals surface area contributed by atoms with Crippen molar-refractivity contribution in [1.29, 1.82) is 5.26 Å². The van der Waals surface area contributed by atoms with Gasteiger partial charge in [-0.3, -0.25) is 0 Å². The number of para-hydroxylation sites is 5.